The molecule has 10 rings (SSSR count). The molecule has 0 bridgehead atoms. The quantitative estimate of drug-likeness (QED) is 0.191. The summed E-state index contributed by atoms with van der Waals surface area (Å²) in [7, 11) is 4.24. The van der Waals surface area contributed by atoms with E-state index >= 15 is 0 Å². The van der Waals surface area contributed by atoms with Crippen LogP contribution in [0.25, 0.3) is 44.1 Å². The maximum absolute atomic E-state index is 2.31. The topological polar surface area (TPSA) is 8.17 Å². The van der Waals surface area contributed by atoms with Crippen LogP contribution in [0.1, 0.15) is 22.3 Å². The minimum atomic E-state index is -0.180. The van der Waals surface area contributed by atoms with Gasteiger partial charge < -0.3 is 9.47 Å². The van der Waals surface area contributed by atoms with E-state index in [1.54, 1.807) is 0 Å². The molecule has 7 aromatic carbocycles. The number of hydrogen-bond donors (Lipinski definition) is 0. The first-order valence-electron chi connectivity index (χ1n) is 16.3. The molecule has 8 aromatic rings. The van der Waals surface area contributed by atoms with E-state index in [4.69, 9.17) is 0 Å². The van der Waals surface area contributed by atoms with Crippen LogP contribution < -0.4 is 4.90 Å². The zero-order valence-electron chi connectivity index (χ0n) is 26.6. The molecule has 1 heterocycles. The fourth-order valence-electron chi connectivity index (χ4n) is 8.22. The fourth-order valence-corrected chi connectivity index (χ4v) is 8.22. The van der Waals surface area contributed by atoms with Crippen LogP contribution in [0.5, 0.6) is 0 Å². The second-order valence-electron chi connectivity index (χ2n) is 12.6. The standard InChI is InChI=1S/C25H16.C20H18N2/c1-5-13-21-17(9-1)18-10-2-6-14-22(18)25(21)23-15-7-3-11-19(23)20-12-4-8-16-24(20)25;1-21(15-8-4-3-5-9-15)16-12-13-20-18(14-16)17-10-6-7-11-19(17)22(20)2/h1-16H;3-14H,1-2H3. The number of hydrogen-bond acceptors (Lipinski definition) is 1. The molecule has 2 heteroatoms. The van der Waals surface area contributed by atoms with Crippen LogP contribution in [0.4, 0.5) is 11.4 Å². The van der Waals surface area contributed by atoms with Crippen molar-refractivity contribution in [3.63, 3.8) is 0 Å². The van der Waals surface area contributed by atoms with E-state index in [1.807, 2.05) is 6.07 Å². The molecule has 0 atom stereocenters. The van der Waals surface area contributed by atoms with Crippen LogP contribution in [-0.2, 0) is 12.5 Å². The molecule has 0 radical (unpaired) electrons. The van der Waals surface area contributed by atoms with Crippen molar-refractivity contribution in [3.8, 4) is 22.3 Å². The number of fused-ring (bicyclic) bond motifs is 13. The highest BCUT2D eigenvalue weighted by molar-refractivity contribution is 6.09. The van der Waals surface area contributed by atoms with E-state index in [0.29, 0.717) is 0 Å². The molecule has 47 heavy (non-hydrogen) atoms. The maximum Gasteiger partial charge on any atom is 0.0725 e. The molecule has 0 N–H and O–H groups in total. The van der Waals surface area contributed by atoms with Gasteiger partial charge in [0.2, 0.25) is 0 Å². The first kappa shape index (κ1) is 27.5. The highest BCUT2D eigenvalue weighted by Crippen LogP contribution is 2.62. The third-order valence-corrected chi connectivity index (χ3v) is 10.3. The van der Waals surface area contributed by atoms with Crippen molar-refractivity contribution in [1.29, 1.82) is 0 Å². The number of aryl methyl sites for hydroxylation is 1. The van der Waals surface area contributed by atoms with Crippen molar-refractivity contribution in [2.24, 2.45) is 7.05 Å². The number of benzene rings is 7. The van der Waals surface area contributed by atoms with Gasteiger partial charge in [-0.3, -0.25) is 0 Å². The first-order chi connectivity index (χ1) is 23.2. The smallest absolute Gasteiger partial charge is 0.0725 e. The molecule has 0 fully saturated rings. The molecule has 2 aliphatic rings. The van der Waals surface area contributed by atoms with E-state index in [9.17, 15) is 0 Å². The number of anilines is 2. The van der Waals surface area contributed by atoms with Gasteiger partial charge in [-0.25, -0.2) is 0 Å². The van der Waals surface area contributed by atoms with E-state index in [1.165, 1.54) is 77.7 Å². The third kappa shape index (κ3) is 3.91. The molecule has 0 saturated carbocycles. The number of aromatic nitrogens is 1. The molecule has 2 nitrogen and oxygen atoms in total. The predicted molar refractivity (Wildman–Crippen MR) is 198 cm³/mol. The van der Waals surface area contributed by atoms with Crippen LogP contribution in [0, 0.1) is 0 Å². The van der Waals surface area contributed by atoms with Crippen LogP contribution in [0.15, 0.2) is 170 Å². The molecule has 0 aliphatic heterocycles. The van der Waals surface area contributed by atoms with Gasteiger partial charge in [-0.15, -0.1) is 0 Å². The van der Waals surface area contributed by atoms with Gasteiger partial charge in [-0.05, 0) is 80.9 Å². The second-order valence-corrected chi connectivity index (χ2v) is 12.6. The van der Waals surface area contributed by atoms with Crippen molar-refractivity contribution >= 4 is 33.2 Å². The maximum atomic E-state index is 2.31. The summed E-state index contributed by atoms with van der Waals surface area (Å²) in [6, 6.07) is 61.4. The Hall–Kier alpha value is -5.86. The summed E-state index contributed by atoms with van der Waals surface area (Å²) in [6.07, 6.45) is 0. The van der Waals surface area contributed by atoms with Gasteiger partial charge in [0.25, 0.3) is 0 Å². The zero-order chi connectivity index (χ0) is 31.5. The molecular weight excluding hydrogens is 569 g/mol. The van der Waals surface area contributed by atoms with E-state index in [2.05, 4.69) is 187 Å². The summed E-state index contributed by atoms with van der Waals surface area (Å²) in [5.74, 6) is 0. The lowest BCUT2D eigenvalue weighted by Gasteiger charge is -2.30. The Morgan fingerprint density at radius 1 is 0.404 bits per heavy atom. The number of rotatable bonds is 2. The number of nitrogens with zero attached hydrogens (tertiary/aromatic N) is 2. The first-order valence-corrected chi connectivity index (χ1v) is 16.3. The Balaban J connectivity index is 0.000000130. The van der Waals surface area contributed by atoms with Crippen molar-refractivity contribution in [1.82, 2.24) is 4.57 Å². The highest BCUT2D eigenvalue weighted by Gasteiger charge is 2.51. The monoisotopic (exact) mass is 602 g/mol. The average molecular weight is 603 g/mol. The van der Waals surface area contributed by atoms with Gasteiger partial charge in [-0.1, -0.05) is 133 Å². The zero-order valence-corrected chi connectivity index (χ0v) is 26.6. The summed E-state index contributed by atoms with van der Waals surface area (Å²) in [5, 5.41) is 2.61. The molecule has 0 saturated heterocycles. The Labute approximate surface area is 275 Å². The lowest BCUT2D eigenvalue weighted by Crippen LogP contribution is -2.25. The van der Waals surface area contributed by atoms with E-state index in [0.717, 1.165) is 0 Å². The normalized spacial score (nSPS) is 13.1. The molecule has 1 aromatic heterocycles. The van der Waals surface area contributed by atoms with Crippen LogP contribution in [0.2, 0.25) is 0 Å². The van der Waals surface area contributed by atoms with Crippen LogP contribution in [0.3, 0.4) is 0 Å². The van der Waals surface area contributed by atoms with Crippen molar-refractivity contribution < 1.29 is 0 Å². The van der Waals surface area contributed by atoms with Gasteiger partial charge in [0.15, 0.2) is 0 Å². The summed E-state index contributed by atoms with van der Waals surface area (Å²) < 4.78 is 2.26. The lowest BCUT2D eigenvalue weighted by atomic mass is 9.70. The predicted octanol–water partition coefficient (Wildman–Crippen LogP) is 11.1. The summed E-state index contributed by atoms with van der Waals surface area (Å²) in [4.78, 5) is 2.22. The molecule has 224 valence electrons. The van der Waals surface area contributed by atoms with Crippen molar-refractivity contribution in [2.75, 3.05) is 11.9 Å². The van der Waals surface area contributed by atoms with Crippen LogP contribution in [-0.4, -0.2) is 11.6 Å². The Morgan fingerprint density at radius 3 is 1.36 bits per heavy atom. The van der Waals surface area contributed by atoms with Gasteiger partial charge in [-0.2, -0.15) is 0 Å². The lowest BCUT2D eigenvalue weighted by molar-refractivity contribution is 0.794. The van der Waals surface area contributed by atoms with Crippen molar-refractivity contribution in [2.45, 2.75) is 5.41 Å². The van der Waals surface area contributed by atoms with Gasteiger partial charge in [0.1, 0.15) is 0 Å². The van der Waals surface area contributed by atoms with Gasteiger partial charge >= 0.3 is 0 Å². The average Bonchev–Trinajstić information content (AvgIpc) is 3.73. The highest BCUT2D eigenvalue weighted by atomic mass is 15.1. The van der Waals surface area contributed by atoms with E-state index in [-0.39, 0.29) is 5.41 Å². The largest absolute Gasteiger partial charge is 0.345 e. The summed E-state index contributed by atoms with van der Waals surface area (Å²) in [6.45, 7) is 0. The molecule has 0 unspecified atom stereocenters. The fraction of sp³-hybridized carbons (Fsp3) is 0.0667. The number of para-hydroxylation sites is 2. The van der Waals surface area contributed by atoms with E-state index < -0.39 is 0 Å². The summed E-state index contributed by atoms with van der Waals surface area (Å²) in [5.41, 5.74) is 15.9. The third-order valence-electron chi connectivity index (χ3n) is 10.3. The van der Waals surface area contributed by atoms with Gasteiger partial charge in [0.05, 0.1) is 5.41 Å². The molecular formula is C45H34N2. The van der Waals surface area contributed by atoms with Gasteiger partial charge in [0, 0.05) is 47.3 Å². The Kier molecular flexibility index (Phi) is 6.20. The SMILES string of the molecule is CN(c1ccccc1)c1ccc2c(c1)c1ccccc1n2C.c1ccc2c(c1)-c1ccccc1C21c2ccccc2-c2ccccc21. The summed E-state index contributed by atoms with van der Waals surface area (Å²) >= 11 is 0. The Bertz CT molecular complexity index is 2260. The van der Waals surface area contributed by atoms with Crippen molar-refractivity contribution in [3.05, 3.63) is 192 Å². The second kappa shape index (κ2) is 10.6. The Morgan fingerprint density at radius 2 is 0.830 bits per heavy atom. The minimum absolute atomic E-state index is 0.180. The minimum Gasteiger partial charge on any atom is -0.345 e. The van der Waals surface area contributed by atoms with Crippen LogP contribution >= 0.6 is 0 Å². The molecule has 1 spiro atoms. The molecule has 2 aliphatic carbocycles. The molecule has 0 amide bonds.